The molecule has 10 nitrogen and oxygen atoms in total. The second kappa shape index (κ2) is 7.07. The molecule has 0 aliphatic heterocycles. The first-order valence-electron chi connectivity index (χ1n) is 9.53. The maximum absolute atomic E-state index is 11.4. The molecule has 0 unspecified atom stereocenters. The number of nitrogens with zero attached hydrogens (tertiary/aromatic N) is 4. The first-order chi connectivity index (χ1) is 14.5. The van der Waals surface area contributed by atoms with E-state index in [0.717, 1.165) is 6.54 Å². The van der Waals surface area contributed by atoms with Crippen LogP contribution < -0.4 is 21.7 Å². The van der Waals surface area contributed by atoms with Gasteiger partial charge in [-0.2, -0.15) is 9.61 Å². The minimum absolute atomic E-state index is 0.144. The highest BCUT2D eigenvalue weighted by Gasteiger charge is 2.20. The van der Waals surface area contributed by atoms with Gasteiger partial charge < -0.3 is 20.5 Å². The largest absolute Gasteiger partial charge is 0.508 e. The van der Waals surface area contributed by atoms with Crippen LogP contribution in [-0.2, 0) is 0 Å². The van der Waals surface area contributed by atoms with Crippen molar-refractivity contribution in [3.05, 3.63) is 63.4 Å². The van der Waals surface area contributed by atoms with E-state index in [4.69, 9.17) is 4.99 Å². The van der Waals surface area contributed by atoms with Gasteiger partial charge in [-0.1, -0.05) is 6.07 Å². The lowest BCUT2D eigenvalue weighted by Gasteiger charge is -2.07. The van der Waals surface area contributed by atoms with Gasteiger partial charge in [-0.25, -0.2) is 9.78 Å². The molecule has 1 aliphatic rings. The molecule has 1 aromatic carbocycles. The van der Waals surface area contributed by atoms with E-state index >= 15 is 0 Å². The fourth-order valence-corrected chi connectivity index (χ4v) is 3.14. The van der Waals surface area contributed by atoms with Crippen molar-refractivity contribution in [3.8, 4) is 11.6 Å². The number of nitrogens with one attached hydrogen (secondary N) is 3. The number of benzene rings is 1. The van der Waals surface area contributed by atoms with E-state index in [9.17, 15) is 15.0 Å². The number of H-pyrrole nitrogens is 2. The van der Waals surface area contributed by atoms with Gasteiger partial charge in [0.1, 0.15) is 17.3 Å². The Bertz CT molecular complexity index is 1410. The first kappa shape index (κ1) is 18.0. The van der Waals surface area contributed by atoms with Gasteiger partial charge in [0.2, 0.25) is 5.88 Å². The van der Waals surface area contributed by atoms with E-state index in [1.807, 2.05) is 6.07 Å². The normalized spacial score (nSPS) is 15.2. The number of phenols is 1. The maximum Gasteiger partial charge on any atom is 0.326 e. The van der Waals surface area contributed by atoms with Crippen molar-refractivity contribution in [2.75, 3.05) is 11.9 Å². The van der Waals surface area contributed by atoms with Crippen molar-refractivity contribution in [3.63, 3.8) is 0 Å². The average Bonchev–Trinajstić information content (AvgIpc) is 3.37. The summed E-state index contributed by atoms with van der Waals surface area (Å²) in [6.07, 6.45) is 5.56. The predicted octanol–water partition coefficient (Wildman–Crippen LogP) is 0.759. The Morgan fingerprint density at radius 1 is 1.27 bits per heavy atom. The molecule has 0 bridgehead atoms. The number of hydrogen-bond acceptors (Lipinski definition) is 7. The van der Waals surface area contributed by atoms with Crippen molar-refractivity contribution in [1.29, 1.82) is 0 Å². The molecule has 3 aromatic heterocycles. The van der Waals surface area contributed by atoms with Crippen LogP contribution in [0.3, 0.4) is 0 Å². The Morgan fingerprint density at radius 3 is 2.87 bits per heavy atom. The molecular formula is C20H19N7O3. The molecule has 1 saturated carbocycles. The van der Waals surface area contributed by atoms with Crippen molar-refractivity contribution in [2.45, 2.75) is 12.8 Å². The summed E-state index contributed by atoms with van der Waals surface area (Å²) in [6, 6.07) is 8.54. The third-order valence-corrected chi connectivity index (χ3v) is 4.84. The van der Waals surface area contributed by atoms with Crippen LogP contribution in [-0.4, -0.2) is 41.3 Å². The van der Waals surface area contributed by atoms with Gasteiger partial charge in [-0.05, 0) is 37.0 Å². The summed E-state index contributed by atoms with van der Waals surface area (Å²) in [5.74, 6) is 1.03. The van der Waals surface area contributed by atoms with Crippen LogP contribution in [0.5, 0.6) is 11.6 Å². The van der Waals surface area contributed by atoms with Gasteiger partial charge in [0.15, 0.2) is 11.1 Å². The summed E-state index contributed by atoms with van der Waals surface area (Å²) in [5, 5.41) is 27.8. The molecule has 1 fully saturated rings. The van der Waals surface area contributed by atoms with Gasteiger partial charge in [0.25, 0.3) is 0 Å². The molecule has 5 rings (SSSR count). The SMILES string of the molecule is O=c1[nH]c(O)c(/C=c2/cnn3c(=NCC4CC4)cc(Nc4cccc(O)c4)nc23)[nH]1. The number of aromatic hydroxyl groups is 2. The number of phenolic OH excluding ortho intramolecular Hbond substituents is 1. The highest BCUT2D eigenvalue weighted by molar-refractivity contribution is 5.62. The smallest absolute Gasteiger partial charge is 0.326 e. The molecule has 3 heterocycles. The third kappa shape index (κ3) is 3.62. The monoisotopic (exact) mass is 405 g/mol. The minimum atomic E-state index is -0.505. The fraction of sp³-hybridized carbons (Fsp3) is 0.200. The molecule has 0 radical (unpaired) electrons. The number of hydrogen-bond donors (Lipinski definition) is 5. The molecule has 0 amide bonds. The maximum atomic E-state index is 11.4. The second-order valence-electron chi connectivity index (χ2n) is 7.28. The Hall–Kier alpha value is -4.08. The van der Waals surface area contributed by atoms with Crippen LogP contribution >= 0.6 is 0 Å². The van der Waals surface area contributed by atoms with Crippen molar-refractivity contribution < 1.29 is 10.2 Å². The summed E-state index contributed by atoms with van der Waals surface area (Å²) >= 11 is 0. The first-order valence-corrected chi connectivity index (χ1v) is 9.53. The Labute approximate surface area is 169 Å². The standard InChI is InChI=1S/C20H19N7O3/c28-14-3-1-2-13(7-14)23-16-8-17(21-9-11-4-5-11)27-18(25-16)12(10-22-27)6-15-19(29)26-20(30)24-15/h1-3,6-8,10-11,23,28-29H,4-5,9H2,(H2,24,26,30)/b12-6-,21-17?. The topological polar surface area (TPSA) is 144 Å². The second-order valence-corrected chi connectivity index (χ2v) is 7.28. The zero-order chi connectivity index (χ0) is 20.7. The van der Waals surface area contributed by atoms with Crippen LogP contribution in [0.2, 0.25) is 0 Å². The summed E-state index contributed by atoms with van der Waals surface area (Å²) < 4.78 is 1.63. The molecule has 152 valence electrons. The molecule has 10 heteroatoms. The van der Waals surface area contributed by atoms with E-state index in [2.05, 4.69) is 25.4 Å². The minimum Gasteiger partial charge on any atom is -0.508 e. The van der Waals surface area contributed by atoms with Crippen molar-refractivity contribution >= 4 is 23.2 Å². The number of imidazole rings is 1. The van der Waals surface area contributed by atoms with Crippen LogP contribution in [0, 0.1) is 5.92 Å². The van der Waals surface area contributed by atoms with Gasteiger partial charge in [-0.15, -0.1) is 0 Å². The lowest BCUT2D eigenvalue weighted by atomic mass is 10.3. The number of aromatic amines is 2. The Balaban J connectivity index is 1.66. The number of anilines is 2. The van der Waals surface area contributed by atoms with E-state index in [1.165, 1.54) is 12.8 Å². The predicted molar refractivity (Wildman–Crippen MR) is 109 cm³/mol. The zero-order valence-corrected chi connectivity index (χ0v) is 15.8. The summed E-state index contributed by atoms with van der Waals surface area (Å²) in [4.78, 5) is 25.6. The van der Waals surface area contributed by atoms with Gasteiger partial charge in [0, 0.05) is 29.6 Å². The molecule has 0 atom stereocenters. The molecule has 5 N–H and O–H groups in total. The number of aromatic nitrogens is 5. The van der Waals surface area contributed by atoms with E-state index < -0.39 is 5.69 Å². The Morgan fingerprint density at radius 2 is 2.13 bits per heavy atom. The average molecular weight is 405 g/mol. The lowest BCUT2D eigenvalue weighted by molar-refractivity contribution is 0.454. The van der Waals surface area contributed by atoms with Gasteiger partial charge in [-0.3, -0.25) is 9.98 Å². The fourth-order valence-electron chi connectivity index (χ4n) is 3.14. The summed E-state index contributed by atoms with van der Waals surface area (Å²) in [7, 11) is 0. The van der Waals surface area contributed by atoms with Crippen molar-refractivity contribution in [2.24, 2.45) is 10.9 Å². The van der Waals surface area contributed by atoms with Gasteiger partial charge >= 0.3 is 5.69 Å². The molecule has 4 aromatic rings. The number of rotatable bonds is 5. The Kier molecular flexibility index (Phi) is 4.24. The van der Waals surface area contributed by atoms with E-state index in [0.29, 0.717) is 33.8 Å². The van der Waals surface area contributed by atoms with Crippen LogP contribution in [0.4, 0.5) is 11.5 Å². The van der Waals surface area contributed by atoms with Gasteiger partial charge in [0.05, 0.1) is 6.20 Å². The molecular weight excluding hydrogens is 386 g/mol. The third-order valence-electron chi connectivity index (χ3n) is 4.84. The van der Waals surface area contributed by atoms with E-state index in [1.54, 1.807) is 41.1 Å². The molecule has 1 aliphatic carbocycles. The van der Waals surface area contributed by atoms with E-state index in [-0.39, 0.29) is 17.3 Å². The summed E-state index contributed by atoms with van der Waals surface area (Å²) in [6.45, 7) is 0.718. The zero-order valence-electron chi connectivity index (χ0n) is 15.8. The van der Waals surface area contributed by atoms with Crippen LogP contribution in [0.15, 0.2) is 46.3 Å². The lowest BCUT2D eigenvalue weighted by Crippen LogP contribution is -2.20. The highest BCUT2D eigenvalue weighted by atomic mass is 16.3. The summed E-state index contributed by atoms with van der Waals surface area (Å²) in [5.41, 5.74) is 1.56. The van der Waals surface area contributed by atoms with Crippen LogP contribution in [0.1, 0.15) is 18.5 Å². The molecule has 0 spiro atoms. The number of fused-ring (bicyclic) bond motifs is 1. The highest BCUT2D eigenvalue weighted by Crippen LogP contribution is 2.28. The van der Waals surface area contributed by atoms with Crippen molar-refractivity contribution in [1.82, 2.24) is 24.6 Å². The molecule has 30 heavy (non-hydrogen) atoms. The molecule has 0 saturated heterocycles. The van der Waals surface area contributed by atoms with Crippen LogP contribution in [0.25, 0.3) is 11.7 Å². The quantitative estimate of drug-likeness (QED) is 0.332.